The van der Waals surface area contributed by atoms with Crippen LogP contribution in [0.4, 0.5) is 0 Å². The minimum Gasteiger partial charge on any atom is -0.465 e. The number of nitrogens with zero attached hydrogens (tertiary/aromatic N) is 1. The fourth-order valence-corrected chi connectivity index (χ4v) is 4.14. The van der Waals surface area contributed by atoms with Gasteiger partial charge in [-0.05, 0) is 68.5 Å². The third-order valence-corrected chi connectivity index (χ3v) is 5.39. The van der Waals surface area contributed by atoms with Crippen LogP contribution in [0.15, 0.2) is 60.2 Å². The minimum absolute atomic E-state index is 0.285. The Balaban J connectivity index is 1.84. The van der Waals surface area contributed by atoms with E-state index in [1.165, 1.54) is 24.7 Å². The van der Waals surface area contributed by atoms with Crippen LogP contribution in [0.5, 0.6) is 0 Å². The fourth-order valence-electron chi connectivity index (χ4n) is 4.14. The summed E-state index contributed by atoms with van der Waals surface area (Å²) in [5.74, 6) is 0.922. The van der Waals surface area contributed by atoms with Gasteiger partial charge in [-0.3, -0.25) is 0 Å². The topological polar surface area (TPSA) is 29.5 Å². The lowest BCUT2D eigenvalue weighted by Gasteiger charge is -2.35. The molecule has 0 bridgehead atoms. The summed E-state index contributed by atoms with van der Waals surface area (Å²) in [6, 6.07) is 18.6. The molecule has 0 spiro atoms. The van der Waals surface area contributed by atoms with E-state index in [1.807, 2.05) is 12.1 Å². The first-order chi connectivity index (χ1) is 13.1. The molecule has 3 heteroatoms. The van der Waals surface area contributed by atoms with E-state index in [-0.39, 0.29) is 5.97 Å². The molecule has 0 radical (unpaired) electrons. The standard InChI is InChI=1S/C24H29NO2/c1-25(2)17-22-13-12-19(16-23(22)20-9-5-4-6-10-20)14-18-8-7-11-21(15-18)24(26)27-3/h4-11,14-15,22-23H,12-13,16-17H2,1-3H3/t22-,23-/m0/s1. The van der Waals surface area contributed by atoms with Gasteiger partial charge in [-0.15, -0.1) is 0 Å². The number of ether oxygens (including phenoxy) is 1. The Bertz CT molecular complexity index is 795. The van der Waals surface area contributed by atoms with Gasteiger partial charge in [0.05, 0.1) is 12.7 Å². The average Bonchev–Trinajstić information content (AvgIpc) is 2.69. The number of rotatable bonds is 5. The third-order valence-electron chi connectivity index (χ3n) is 5.39. The van der Waals surface area contributed by atoms with E-state index in [0.717, 1.165) is 24.9 Å². The van der Waals surface area contributed by atoms with Crippen molar-refractivity contribution in [2.75, 3.05) is 27.7 Å². The molecular weight excluding hydrogens is 334 g/mol. The Morgan fingerprint density at radius 3 is 2.63 bits per heavy atom. The van der Waals surface area contributed by atoms with Crippen LogP contribution in [0.2, 0.25) is 0 Å². The highest BCUT2D eigenvalue weighted by atomic mass is 16.5. The van der Waals surface area contributed by atoms with E-state index in [2.05, 4.69) is 61.5 Å². The summed E-state index contributed by atoms with van der Waals surface area (Å²) < 4.78 is 4.84. The molecule has 0 heterocycles. The lowest BCUT2D eigenvalue weighted by atomic mass is 9.73. The Hall–Kier alpha value is -2.39. The predicted octanol–water partition coefficient (Wildman–Crippen LogP) is 5.00. The molecule has 0 N–H and O–H groups in total. The van der Waals surface area contributed by atoms with Gasteiger partial charge in [0.25, 0.3) is 0 Å². The van der Waals surface area contributed by atoms with Crippen molar-refractivity contribution in [1.82, 2.24) is 4.90 Å². The lowest BCUT2D eigenvalue weighted by Crippen LogP contribution is -2.29. The molecule has 1 aliphatic rings. The van der Waals surface area contributed by atoms with Crippen LogP contribution in [-0.4, -0.2) is 38.6 Å². The Kier molecular flexibility index (Phi) is 6.46. The second kappa shape index (κ2) is 9.01. The maximum Gasteiger partial charge on any atom is 0.337 e. The first-order valence-corrected chi connectivity index (χ1v) is 9.64. The molecule has 27 heavy (non-hydrogen) atoms. The smallest absolute Gasteiger partial charge is 0.337 e. The Morgan fingerprint density at radius 2 is 1.93 bits per heavy atom. The molecule has 0 aliphatic heterocycles. The van der Waals surface area contributed by atoms with Crippen molar-refractivity contribution in [3.05, 3.63) is 76.9 Å². The molecule has 2 aromatic carbocycles. The summed E-state index contributed by atoms with van der Waals surface area (Å²) in [5, 5.41) is 0. The van der Waals surface area contributed by atoms with Crippen LogP contribution in [0.25, 0.3) is 6.08 Å². The van der Waals surface area contributed by atoms with Crippen molar-refractivity contribution in [2.24, 2.45) is 5.92 Å². The van der Waals surface area contributed by atoms with Crippen molar-refractivity contribution in [2.45, 2.75) is 25.2 Å². The van der Waals surface area contributed by atoms with E-state index in [4.69, 9.17) is 4.74 Å². The summed E-state index contributed by atoms with van der Waals surface area (Å²) in [7, 11) is 5.74. The van der Waals surface area contributed by atoms with Gasteiger partial charge in [0.2, 0.25) is 0 Å². The van der Waals surface area contributed by atoms with Crippen molar-refractivity contribution in [3.8, 4) is 0 Å². The summed E-state index contributed by atoms with van der Waals surface area (Å²) in [6.07, 6.45) is 5.64. The summed E-state index contributed by atoms with van der Waals surface area (Å²) >= 11 is 0. The maximum absolute atomic E-state index is 11.8. The predicted molar refractivity (Wildman–Crippen MR) is 111 cm³/mol. The van der Waals surface area contributed by atoms with E-state index < -0.39 is 0 Å². The first kappa shape index (κ1) is 19.4. The highest BCUT2D eigenvalue weighted by Crippen LogP contribution is 2.41. The van der Waals surface area contributed by atoms with Gasteiger partial charge in [-0.2, -0.15) is 0 Å². The molecule has 0 unspecified atom stereocenters. The van der Waals surface area contributed by atoms with Gasteiger partial charge >= 0.3 is 5.97 Å². The number of esters is 1. The summed E-state index contributed by atoms with van der Waals surface area (Å²) in [6.45, 7) is 1.12. The van der Waals surface area contributed by atoms with Gasteiger partial charge < -0.3 is 9.64 Å². The van der Waals surface area contributed by atoms with Gasteiger partial charge in [0.1, 0.15) is 0 Å². The number of carbonyl (C=O) groups is 1. The van der Waals surface area contributed by atoms with Crippen LogP contribution >= 0.6 is 0 Å². The van der Waals surface area contributed by atoms with Crippen LogP contribution in [0, 0.1) is 5.92 Å². The summed E-state index contributed by atoms with van der Waals surface area (Å²) in [5.41, 5.74) is 4.57. The zero-order chi connectivity index (χ0) is 19.2. The zero-order valence-corrected chi connectivity index (χ0v) is 16.5. The van der Waals surface area contributed by atoms with E-state index in [0.29, 0.717) is 17.4 Å². The van der Waals surface area contributed by atoms with Crippen molar-refractivity contribution < 1.29 is 9.53 Å². The van der Waals surface area contributed by atoms with Gasteiger partial charge in [0.15, 0.2) is 0 Å². The van der Waals surface area contributed by atoms with Crippen molar-refractivity contribution >= 4 is 12.0 Å². The van der Waals surface area contributed by atoms with E-state index in [1.54, 1.807) is 6.07 Å². The SMILES string of the molecule is COC(=O)c1cccc(C=C2CC[C@@H](CN(C)C)[C@H](c3ccccc3)C2)c1. The normalized spacial score (nSPS) is 21.4. The first-order valence-electron chi connectivity index (χ1n) is 9.64. The van der Waals surface area contributed by atoms with Crippen LogP contribution < -0.4 is 0 Å². The fraction of sp³-hybridized carbons (Fsp3) is 0.375. The number of benzene rings is 2. The van der Waals surface area contributed by atoms with E-state index in [9.17, 15) is 4.79 Å². The molecule has 1 saturated carbocycles. The molecule has 3 rings (SSSR count). The molecule has 0 amide bonds. The maximum atomic E-state index is 11.8. The highest BCUT2D eigenvalue weighted by molar-refractivity contribution is 5.90. The molecule has 2 aromatic rings. The molecule has 2 atom stereocenters. The second-order valence-electron chi connectivity index (χ2n) is 7.70. The molecule has 1 aliphatic carbocycles. The number of carbonyl (C=O) groups excluding carboxylic acids is 1. The number of methoxy groups -OCH3 is 1. The second-order valence-corrected chi connectivity index (χ2v) is 7.70. The van der Waals surface area contributed by atoms with Gasteiger partial charge in [-0.25, -0.2) is 4.79 Å². The molecule has 0 saturated heterocycles. The van der Waals surface area contributed by atoms with Crippen molar-refractivity contribution in [3.63, 3.8) is 0 Å². The molecule has 0 aromatic heterocycles. The average molecular weight is 364 g/mol. The Labute approximate surface area is 162 Å². The van der Waals surface area contributed by atoms with Crippen LogP contribution in [-0.2, 0) is 4.74 Å². The monoisotopic (exact) mass is 363 g/mol. The molecule has 3 nitrogen and oxygen atoms in total. The minimum atomic E-state index is -0.285. The summed E-state index contributed by atoms with van der Waals surface area (Å²) in [4.78, 5) is 14.1. The quantitative estimate of drug-likeness (QED) is 0.700. The lowest BCUT2D eigenvalue weighted by molar-refractivity contribution is 0.0600. The van der Waals surface area contributed by atoms with Gasteiger partial charge in [0, 0.05) is 6.54 Å². The largest absolute Gasteiger partial charge is 0.465 e. The number of hydrogen-bond acceptors (Lipinski definition) is 3. The zero-order valence-electron chi connectivity index (χ0n) is 16.5. The van der Waals surface area contributed by atoms with Crippen LogP contribution in [0.1, 0.15) is 46.7 Å². The van der Waals surface area contributed by atoms with Gasteiger partial charge in [-0.1, -0.05) is 54.1 Å². The molecule has 1 fully saturated rings. The van der Waals surface area contributed by atoms with Crippen LogP contribution in [0.3, 0.4) is 0 Å². The number of hydrogen-bond donors (Lipinski definition) is 0. The van der Waals surface area contributed by atoms with E-state index >= 15 is 0 Å². The number of allylic oxidation sites excluding steroid dienone is 1. The molecular formula is C24H29NO2. The highest BCUT2D eigenvalue weighted by Gasteiger charge is 2.29. The van der Waals surface area contributed by atoms with Crippen molar-refractivity contribution in [1.29, 1.82) is 0 Å². The molecule has 142 valence electrons. The Morgan fingerprint density at radius 1 is 1.15 bits per heavy atom. The third kappa shape index (κ3) is 5.08.